The summed E-state index contributed by atoms with van der Waals surface area (Å²) in [6, 6.07) is 2.44. The second-order valence-electron chi connectivity index (χ2n) is 4.83. The lowest BCUT2D eigenvalue weighted by Crippen LogP contribution is -2.46. The SMILES string of the molecule is CSC1CCCCC1NC(=O)C1(C#N)CC1. The van der Waals surface area contributed by atoms with Crippen molar-refractivity contribution in [2.45, 2.75) is 49.8 Å². The summed E-state index contributed by atoms with van der Waals surface area (Å²) in [5.74, 6) is -0.0269. The maximum absolute atomic E-state index is 11.9. The van der Waals surface area contributed by atoms with Crippen molar-refractivity contribution >= 4 is 17.7 Å². The van der Waals surface area contributed by atoms with Crippen molar-refractivity contribution < 1.29 is 4.79 Å². The van der Waals surface area contributed by atoms with Crippen LogP contribution in [0.4, 0.5) is 0 Å². The summed E-state index contributed by atoms with van der Waals surface area (Å²) in [7, 11) is 0. The van der Waals surface area contributed by atoms with Crippen LogP contribution >= 0.6 is 11.8 Å². The lowest BCUT2D eigenvalue weighted by Gasteiger charge is -2.31. The highest BCUT2D eigenvalue weighted by molar-refractivity contribution is 7.99. The molecule has 0 bridgehead atoms. The molecule has 16 heavy (non-hydrogen) atoms. The molecule has 0 aromatic heterocycles. The fourth-order valence-corrected chi connectivity index (χ4v) is 3.30. The van der Waals surface area contributed by atoms with E-state index in [0.717, 1.165) is 19.3 Å². The Morgan fingerprint density at radius 2 is 2.12 bits per heavy atom. The van der Waals surface area contributed by atoms with Gasteiger partial charge in [-0.05, 0) is 31.9 Å². The number of nitrogens with zero attached hydrogens (tertiary/aromatic N) is 1. The van der Waals surface area contributed by atoms with E-state index >= 15 is 0 Å². The largest absolute Gasteiger partial charge is 0.351 e. The number of nitriles is 1. The molecule has 2 fully saturated rings. The highest BCUT2D eigenvalue weighted by atomic mass is 32.2. The van der Waals surface area contributed by atoms with Crippen LogP contribution < -0.4 is 5.32 Å². The number of hydrogen-bond acceptors (Lipinski definition) is 3. The molecule has 88 valence electrons. The van der Waals surface area contributed by atoms with Gasteiger partial charge < -0.3 is 5.32 Å². The predicted molar refractivity (Wildman–Crippen MR) is 65.0 cm³/mol. The van der Waals surface area contributed by atoms with Crippen LogP contribution in [-0.2, 0) is 4.79 Å². The van der Waals surface area contributed by atoms with Crippen LogP contribution in [0.3, 0.4) is 0 Å². The highest BCUT2D eigenvalue weighted by Crippen LogP contribution is 2.45. The van der Waals surface area contributed by atoms with Gasteiger partial charge in [0.25, 0.3) is 0 Å². The third kappa shape index (κ3) is 2.20. The molecule has 1 N–H and O–H groups in total. The number of thioether (sulfide) groups is 1. The van der Waals surface area contributed by atoms with Gasteiger partial charge in [-0.25, -0.2) is 0 Å². The van der Waals surface area contributed by atoms with E-state index in [-0.39, 0.29) is 11.9 Å². The molecular formula is C12H18N2OS. The average molecular weight is 238 g/mol. The zero-order chi connectivity index (χ0) is 11.6. The molecule has 0 aromatic rings. The Kier molecular flexibility index (Phi) is 3.44. The first-order valence-corrected chi connectivity index (χ1v) is 7.26. The van der Waals surface area contributed by atoms with Gasteiger partial charge in [-0.15, -0.1) is 0 Å². The zero-order valence-corrected chi connectivity index (χ0v) is 10.5. The van der Waals surface area contributed by atoms with E-state index in [0.29, 0.717) is 5.25 Å². The quantitative estimate of drug-likeness (QED) is 0.819. The van der Waals surface area contributed by atoms with Gasteiger partial charge in [-0.1, -0.05) is 12.8 Å². The molecule has 1 amide bonds. The summed E-state index contributed by atoms with van der Waals surface area (Å²) < 4.78 is 0. The van der Waals surface area contributed by atoms with Crippen molar-refractivity contribution in [2.75, 3.05) is 6.26 Å². The Morgan fingerprint density at radius 1 is 1.44 bits per heavy atom. The molecule has 2 aliphatic carbocycles. The Bertz CT molecular complexity index is 319. The summed E-state index contributed by atoms with van der Waals surface area (Å²) in [4.78, 5) is 11.9. The van der Waals surface area contributed by atoms with E-state index < -0.39 is 5.41 Å². The maximum Gasteiger partial charge on any atom is 0.240 e. The van der Waals surface area contributed by atoms with E-state index in [2.05, 4.69) is 17.6 Å². The topological polar surface area (TPSA) is 52.9 Å². The summed E-state index contributed by atoms with van der Waals surface area (Å²) >= 11 is 1.84. The molecule has 0 aromatic carbocycles. The molecule has 2 rings (SSSR count). The monoisotopic (exact) mass is 238 g/mol. The Labute approximate surface area is 101 Å². The molecule has 0 aliphatic heterocycles. The van der Waals surface area contributed by atoms with Gasteiger partial charge in [0.15, 0.2) is 0 Å². The van der Waals surface area contributed by atoms with Crippen molar-refractivity contribution in [2.24, 2.45) is 5.41 Å². The first kappa shape index (κ1) is 11.8. The predicted octanol–water partition coefficient (Wildman–Crippen LogP) is 2.08. The van der Waals surface area contributed by atoms with Crippen molar-refractivity contribution in [1.82, 2.24) is 5.32 Å². The van der Waals surface area contributed by atoms with Crippen LogP contribution in [0.1, 0.15) is 38.5 Å². The van der Waals surface area contributed by atoms with E-state index in [1.54, 1.807) is 0 Å². The Hall–Kier alpha value is -0.690. The standard InChI is InChI=1S/C12H18N2OS/c1-16-10-5-3-2-4-9(10)14-11(15)12(8-13)6-7-12/h9-10H,2-7H2,1H3,(H,14,15). The third-order valence-corrected chi connectivity index (χ3v) is 4.89. The normalized spacial score (nSPS) is 31.5. The number of carbonyl (C=O) groups excluding carboxylic acids is 1. The molecular weight excluding hydrogens is 220 g/mol. The second-order valence-corrected chi connectivity index (χ2v) is 5.91. The number of rotatable bonds is 3. The number of carbonyl (C=O) groups is 1. The molecule has 2 atom stereocenters. The highest BCUT2D eigenvalue weighted by Gasteiger charge is 2.51. The molecule has 0 spiro atoms. The summed E-state index contributed by atoms with van der Waals surface area (Å²) in [5, 5.41) is 12.6. The molecule has 4 heteroatoms. The summed E-state index contributed by atoms with van der Waals surface area (Å²) in [6.07, 6.45) is 8.30. The van der Waals surface area contributed by atoms with Gasteiger partial charge in [0.05, 0.1) is 6.07 Å². The van der Waals surface area contributed by atoms with E-state index in [9.17, 15) is 4.79 Å². The average Bonchev–Trinajstić information content (AvgIpc) is 3.10. The smallest absolute Gasteiger partial charge is 0.240 e. The molecule has 2 saturated carbocycles. The minimum Gasteiger partial charge on any atom is -0.351 e. The molecule has 0 saturated heterocycles. The summed E-state index contributed by atoms with van der Waals surface area (Å²) in [5.41, 5.74) is -0.666. The van der Waals surface area contributed by atoms with E-state index in [1.165, 1.54) is 19.3 Å². The first-order valence-electron chi connectivity index (χ1n) is 5.97. The lowest BCUT2D eigenvalue weighted by atomic mass is 9.94. The van der Waals surface area contributed by atoms with Gasteiger partial charge in [0.2, 0.25) is 5.91 Å². The third-order valence-electron chi connectivity index (χ3n) is 3.72. The Balaban J connectivity index is 1.93. The van der Waals surface area contributed by atoms with Gasteiger partial charge in [-0.3, -0.25) is 4.79 Å². The van der Waals surface area contributed by atoms with Crippen LogP contribution in [0.15, 0.2) is 0 Å². The molecule has 0 radical (unpaired) electrons. The fraction of sp³-hybridized carbons (Fsp3) is 0.833. The molecule has 0 heterocycles. The lowest BCUT2D eigenvalue weighted by molar-refractivity contribution is -0.125. The van der Waals surface area contributed by atoms with Gasteiger partial charge in [0.1, 0.15) is 5.41 Å². The maximum atomic E-state index is 11.9. The minimum absolute atomic E-state index is 0.0269. The molecule has 2 unspecified atom stereocenters. The zero-order valence-electron chi connectivity index (χ0n) is 9.66. The van der Waals surface area contributed by atoms with Crippen LogP contribution in [0.25, 0.3) is 0 Å². The minimum atomic E-state index is -0.666. The van der Waals surface area contributed by atoms with Crippen molar-refractivity contribution in [1.29, 1.82) is 5.26 Å². The van der Waals surface area contributed by atoms with Crippen LogP contribution in [-0.4, -0.2) is 23.5 Å². The van der Waals surface area contributed by atoms with Crippen LogP contribution in [0.5, 0.6) is 0 Å². The number of nitrogens with one attached hydrogen (secondary N) is 1. The first-order chi connectivity index (χ1) is 7.72. The Morgan fingerprint density at radius 3 is 2.69 bits per heavy atom. The second kappa shape index (κ2) is 4.67. The summed E-state index contributed by atoms with van der Waals surface area (Å²) in [6.45, 7) is 0. The number of hydrogen-bond donors (Lipinski definition) is 1. The van der Waals surface area contributed by atoms with Crippen molar-refractivity contribution in [3.05, 3.63) is 0 Å². The van der Waals surface area contributed by atoms with Gasteiger partial charge in [-0.2, -0.15) is 17.0 Å². The molecule has 2 aliphatic rings. The fourth-order valence-electron chi connectivity index (χ4n) is 2.37. The molecule has 3 nitrogen and oxygen atoms in total. The van der Waals surface area contributed by atoms with Crippen LogP contribution in [0.2, 0.25) is 0 Å². The van der Waals surface area contributed by atoms with Gasteiger partial charge in [0, 0.05) is 11.3 Å². The van der Waals surface area contributed by atoms with E-state index in [1.807, 2.05) is 11.8 Å². The van der Waals surface area contributed by atoms with Crippen molar-refractivity contribution in [3.63, 3.8) is 0 Å². The van der Waals surface area contributed by atoms with Crippen molar-refractivity contribution in [3.8, 4) is 6.07 Å². The van der Waals surface area contributed by atoms with Crippen LogP contribution in [0, 0.1) is 16.7 Å². The van der Waals surface area contributed by atoms with E-state index in [4.69, 9.17) is 5.26 Å². The van der Waals surface area contributed by atoms with Gasteiger partial charge >= 0.3 is 0 Å². The number of amides is 1.